The van der Waals surface area contributed by atoms with Crippen molar-refractivity contribution in [1.82, 2.24) is 4.98 Å². The Hall–Kier alpha value is -0.420. The van der Waals surface area contributed by atoms with Crippen LogP contribution in [0.4, 0.5) is 5.13 Å². The van der Waals surface area contributed by atoms with E-state index in [1.54, 1.807) is 11.3 Å². The Balaban J connectivity index is 2.19. The highest BCUT2D eigenvalue weighted by atomic mass is 79.9. The third-order valence-electron chi connectivity index (χ3n) is 2.89. The van der Waals surface area contributed by atoms with Crippen molar-refractivity contribution in [2.24, 2.45) is 5.92 Å². The summed E-state index contributed by atoms with van der Waals surface area (Å²) in [6.45, 7) is 7.29. The maximum absolute atomic E-state index is 11.9. The SMILES string of the molecule is CC(C)(C)c1cnc(N2CC(CBr)CC2=O)s1. The smallest absolute Gasteiger partial charge is 0.229 e. The number of anilines is 1. The second kappa shape index (κ2) is 4.69. The predicted octanol–water partition coefficient (Wildman–Crippen LogP) is 3.19. The van der Waals surface area contributed by atoms with Crippen LogP contribution in [0.15, 0.2) is 6.20 Å². The van der Waals surface area contributed by atoms with Gasteiger partial charge in [0, 0.05) is 29.4 Å². The molecule has 0 saturated carbocycles. The number of nitrogens with zero attached hydrogens (tertiary/aromatic N) is 2. The van der Waals surface area contributed by atoms with Crippen molar-refractivity contribution < 1.29 is 4.79 Å². The molecular formula is C12H17BrN2OS. The Labute approximate surface area is 114 Å². The summed E-state index contributed by atoms with van der Waals surface area (Å²) < 4.78 is 0. The van der Waals surface area contributed by atoms with Crippen molar-refractivity contribution in [1.29, 1.82) is 0 Å². The third-order valence-corrected chi connectivity index (χ3v) is 5.25. The Morgan fingerprint density at radius 1 is 1.59 bits per heavy atom. The standard InChI is InChI=1S/C12H17BrN2OS/c1-12(2,3)9-6-14-11(17-9)15-7-8(5-13)4-10(15)16/h6,8H,4-5,7H2,1-3H3. The Kier molecular flexibility index (Phi) is 3.59. The van der Waals surface area contributed by atoms with Gasteiger partial charge in [-0.05, 0) is 11.3 Å². The zero-order valence-corrected chi connectivity index (χ0v) is 12.8. The fraction of sp³-hybridized carbons (Fsp3) is 0.667. The molecule has 1 aliphatic heterocycles. The normalized spacial score (nSPS) is 21.3. The summed E-state index contributed by atoms with van der Waals surface area (Å²) in [5, 5.41) is 1.73. The van der Waals surface area contributed by atoms with E-state index in [9.17, 15) is 4.79 Å². The number of alkyl halides is 1. The number of aromatic nitrogens is 1. The van der Waals surface area contributed by atoms with Gasteiger partial charge in [-0.3, -0.25) is 9.69 Å². The van der Waals surface area contributed by atoms with Gasteiger partial charge in [0.25, 0.3) is 0 Å². The van der Waals surface area contributed by atoms with Gasteiger partial charge in [-0.25, -0.2) is 4.98 Å². The van der Waals surface area contributed by atoms with E-state index >= 15 is 0 Å². The quantitative estimate of drug-likeness (QED) is 0.785. The summed E-state index contributed by atoms with van der Waals surface area (Å²) >= 11 is 5.08. The van der Waals surface area contributed by atoms with Gasteiger partial charge in [0.2, 0.25) is 5.91 Å². The Bertz CT molecular complexity index is 424. The van der Waals surface area contributed by atoms with Gasteiger partial charge in [-0.1, -0.05) is 36.7 Å². The predicted molar refractivity (Wildman–Crippen MR) is 75.1 cm³/mol. The second-order valence-corrected chi connectivity index (χ2v) is 7.14. The lowest BCUT2D eigenvalue weighted by Gasteiger charge is -2.15. The molecule has 94 valence electrons. The highest BCUT2D eigenvalue weighted by Gasteiger charge is 2.32. The minimum Gasteiger partial charge on any atom is -0.288 e. The van der Waals surface area contributed by atoms with Gasteiger partial charge in [0.05, 0.1) is 0 Å². The van der Waals surface area contributed by atoms with Gasteiger partial charge in [-0.2, -0.15) is 0 Å². The Morgan fingerprint density at radius 2 is 2.29 bits per heavy atom. The summed E-state index contributed by atoms with van der Waals surface area (Å²) in [6.07, 6.45) is 2.53. The van der Waals surface area contributed by atoms with Crippen molar-refractivity contribution in [2.45, 2.75) is 32.6 Å². The largest absolute Gasteiger partial charge is 0.288 e. The first-order valence-corrected chi connectivity index (χ1v) is 7.68. The molecule has 0 spiro atoms. The second-order valence-electron chi connectivity index (χ2n) is 5.49. The zero-order valence-electron chi connectivity index (χ0n) is 10.4. The lowest BCUT2D eigenvalue weighted by atomic mass is 9.96. The number of carbonyl (C=O) groups excluding carboxylic acids is 1. The van der Waals surface area contributed by atoms with Gasteiger partial charge in [0.15, 0.2) is 5.13 Å². The summed E-state index contributed by atoms with van der Waals surface area (Å²) in [4.78, 5) is 19.3. The highest BCUT2D eigenvalue weighted by molar-refractivity contribution is 9.09. The minimum atomic E-state index is 0.105. The van der Waals surface area contributed by atoms with Crippen LogP contribution >= 0.6 is 27.3 Å². The molecular weight excluding hydrogens is 300 g/mol. The molecule has 1 amide bonds. The number of hydrogen-bond acceptors (Lipinski definition) is 3. The van der Waals surface area contributed by atoms with Crippen molar-refractivity contribution >= 4 is 38.3 Å². The number of amides is 1. The van der Waals surface area contributed by atoms with Crippen LogP contribution in [0, 0.1) is 5.92 Å². The van der Waals surface area contributed by atoms with E-state index in [1.807, 2.05) is 11.1 Å². The molecule has 0 aromatic carbocycles. The molecule has 3 nitrogen and oxygen atoms in total. The van der Waals surface area contributed by atoms with Gasteiger partial charge >= 0.3 is 0 Å². The molecule has 0 bridgehead atoms. The molecule has 0 aliphatic carbocycles. The van der Waals surface area contributed by atoms with Crippen LogP contribution in [0.2, 0.25) is 0 Å². The monoisotopic (exact) mass is 316 g/mol. The molecule has 1 aromatic heterocycles. The third kappa shape index (κ3) is 2.71. The van der Waals surface area contributed by atoms with Crippen LogP contribution in [0.5, 0.6) is 0 Å². The molecule has 2 heterocycles. The van der Waals surface area contributed by atoms with E-state index in [4.69, 9.17) is 0 Å². The maximum Gasteiger partial charge on any atom is 0.229 e. The summed E-state index contributed by atoms with van der Waals surface area (Å²) in [5.41, 5.74) is 0.105. The van der Waals surface area contributed by atoms with Crippen LogP contribution in [0.3, 0.4) is 0 Å². The minimum absolute atomic E-state index is 0.105. The van der Waals surface area contributed by atoms with E-state index in [1.165, 1.54) is 4.88 Å². The molecule has 17 heavy (non-hydrogen) atoms. The van der Waals surface area contributed by atoms with E-state index in [-0.39, 0.29) is 11.3 Å². The van der Waals surface area contributed by atoms with Crippen LogP contribution in [-0.4, -0.2) is 22.8 Å². The first kappa shape index (κ1) is 13.0. The van der Waals surface area contributed by atoms with Crippen LogP contribution in [0.1, 0.15) is 32.1 Å². The zero-order chi connectivity index (χ0) is 12.6. The number of halogens is 1. The van der Waals surface area contributed by atoms with E-state index in [2.05, 4.69) is 41.7 Å². The molecule has 5 heteroatoms. The van der Waals surface area contributed by atoms with Gasteiger partial charge < -0.3 is 0 Å². The topological polar surface area (TPSA) is 33.2 Å². The van der Waals surface area contributed by atoms with Crippen LogP contribution in [-0.2, 0) is 10.2 Å². The van der Waals surface area contributed by atoms with E-state index in [0.29, 0.717) is 12.3 Å². The number of carbonyl (C=O) groups is 1. The van der Waals surface area contributed by atoms with Crippen molar-refractivity contribution in [3.8, 4) is 0 Å². The fourth-order valence-electron chi connectivity index (χ4n) is 1.81. The molecule has 0 N–H and O–H groups in total. The van der Waals surface area contributed by atoms with Crippen molar-refractivity contribution in [2.75, 3.05) is 16.8 Å². The lowest BCUT2D eigenvalue weighted by molar-refractivity contribution is -0.117. The van der Waals surface area contributed by atoms with Crippen molar-refractivity contribution in [3.63, 3.8) is 0 Å². The van der Waals surface area contributed by atoms with Crippen LogP contribution < -0.4 is 4.90 Å². The molecule has 1 aromatic rings. The highest BCUT2D eigenvalue weighted by Crippen LogP contribution is 2.34. The summed E-state index contributed by atoms with van der Waals surface area (Å²) in [6, 6.07) is 0. The maximum atomic E-state index is 11.9. The lowest BCUT2D eigenvalue weighted by Crippen LogP contribution is -2.24. The van der Waals surface area contributed by atoms with E-state index < -0.39 is 0 Å². The van der Waals surface area contributed by atoms with Crippen LogP contribution in [0.25, 0.3) is 0 Å². The summed E-state index contributed by atoms with van der Waals surface area (Å²) in [5.74, 6) is 0.619. The molecule has 1 saturated heterocycles. The van der Waals surface area contributed by atoms with Gasteiger partial charge in [0.1, 0.15) is 0 Å². The Morgan fingerprint density at radius 3 is 2.76 bits per heavy atom. The number of rotatable bonds is 2. The molecule has 1 unspecified atom stereocenters. The first-order valence-electron chi connectivity index (χ1n) is 5.74. The fourth-order valence-corrected chi connectivity index (χ4v) is 3.24. The average molecular weight is 317 g/mol. The van der Waals surface area contributed by atoms with Gasteiger partial charge in [-0.15, -0.1) is 11.3 Å². The molecule has 1 aliphatic rings. The summed E-state index contributed by atoms with van der Waals surface area (Å²) in [7, 11) is 0. The van der Waals surface area contributed by atoms with E-state index in [0.717, 1.165) is 17.0 Å². The molecule has 2 rings (SSSR count). The average Bonchev–Trinajstić information content (AvgIpc) is 2.82. The molecule has 0 radical (unpaired) electrons. The number of thiazole rings is 1. The number of hydrogen-bond donors (Lipinski definition) is 0. The first-order chi connectivity index (χ1) is 7.91. The molecule has 1 atom stereocenters. The van der Waals surface area contributed by atoms with Crippen molar-refractivity contribution in [3.05, 3.63) is 11.1 Å². The molecule has 1 fully saturated rings.